The molecule has 2 rings (SSSR count). The predicted molar refractivity (Wildman–Crippen MR) is 93.0 cm³/mol. The molecule has 0 aliphatic rings. The lowest BCUT2D eigenvalue weighted by atomic mass is 10.2. The third-order valence-electron chi connectivity index (χ3n) is 3.01. The Morgan fingerprint density at radius 2 is 1.96 bits per heavy atom. The van der Waals surface area contributed by atoms with Crippen molar-refractivity contribution in [1.82, 2.24) is 5.32 Å². The van der Waals surface area contributed by atoms with Crippen LogP contribution in [0.15, 0.2) is 42.5 Å². The van der Waals surface area contributed by atoms with E-state index in [4.69, 9.17) is 23.8 Å². The summed E-state index contributed by atoms with van der Waals surface area (Å²) in [5.74, 6) is -0.437. The highest BCUT2D eigenvalue weighted by Gasteiger charge is 2.13. The summed E-state index contributed by atoms with van der Waals surface area (Å²) in [5, 5.41) is 16.4. The summed E-state index contributed by atoms with van der Waals surface area (Å²) in [4.78, 5) is 22.3. The number of thiocarbonyl (C=S) groups is 1. The maximum atomic E-state index is 12.1. The van der Waals surface area contributed by atoms with E-state index < -0.39 is 10.8 Å². The van der Waals surface area contributed by atoms with Gasteiger partial charge in [-0.05, 0) is 42.9 Å². The zero-order chi connectivity index (χ0) is 17.0. The third-order valence-corrected chi connectivity index (χ3v) is 3.55. The molecule has 0 spiro atoms. The summed E-state index contributed by atoms with van der Waals surface area (Å²) < 4.78 is 0. The predicted octanol–water partition coefficient (Wildman–Crippen LogP) is 3.68. The van der Waals surface area contributed by atoms with Crippen molar-refractivity contribution in [3.8, 4) is 0 Å². The second kappa shape index (κ2) is 7.17. The fourth-order valence-electron chi connectivity index (χ4n) is 1.87. The van der Waals surface area contributed by atoms with Gasteiger partial charge in [-0.15, -0.1) is 0 Å². The Bertz CT molecular complexity index is 795. The Kier molecular flexibility index (Phi) is 5.25. The van der Waals surface area contributed by atoms with Crippen LogP contribution in [0.1, 0.15) is 15.9 Å². The first kappa shape index (κ1) is 16.9. The van der Waals surface area contributed by atoms with Crippen molar-refractivity contribution < 1.29 is 9.72 Å². The molecular formula is C15H12ClN3O3S. The van der Waals surface area contributed by atoms with E-state index in [1.165, 1.54) is 18.2 Å². The molecule has 0 fully saturated rings. The lowest BCUT2D eigenvalue weighted by molar-refractivity contribution is -0.384. The van der Waals surface area contributed by atoms with E-state index in [0.29, 0.717) is 21.8 Å². The number of nitrogens with one attached hydrogen (secondary N) is 2. The number of aryl methyl sites for hydroxylation is 1. The zero-order valence-electron chi connectivity index (χ0n) is 12.0. The van der Waals surface area contributed by atoms with Gasteiger partial charge in [0.2, 0.25) is 0 Å². The Labute approximate surface area is 142 Å². The highest BCUT2D eigenvalue weighted by Crippen LogP contribution is 2.21. The fraction of sp³-hybridized carbons (Fsp3) is 0.0667. The van der Waals surface area contributed by atoms with E-state index in [1.807, 2.05) is 0 Å². The summed E-state index contributed by atoms with van der Waals surface area (Å²) >= 11 is 11.0. The summed E-state index contributed by atoms with van der Waals surface area (Å²) in [6.07, 6.45) is 0. The van der Waals surface area contributed by atoms with Gasteiger partial charge in [-0.1, -0.05) is 23.7 Å². The Morgan fingerprint density at radius 1 is 1.26 bits per heavy atom. The van der Waals surface area contributed by atoms with Gasteiger partial charge in [-0.2, -0.15) is 0 Å². The molecule has 0 unspecified atom stereocenters. The number of carbonyl (C=O) groups excluding carboxylic acids is 1. The van der Waals surface area contributed by atoms with Crippen LogP contribution in [0.4, 0.5) is 11.4 Å². The molecule has 6 nitrogen and oxygen atoms in total. The number of amides is 1. The van der Waals surface area contributed by atoms with Crippen molar-refractivity contribution in [3.05, 3.63) is 68.7 Å². The number of halogens is 1. The molecule has 23 heavy (non-hydrogen) atoms. The van der Waals surface area contributed by atoms with Gasteiger partial charge in [0.15, 0.2) is 5.11 Å². The molecule has 0 atom stereocenters. The van der Waals surface area contributed by atoms with Gasteiger partial charge in [-0.25, -0.2) is 0 Å². The average molecular weight is 350 g/mol. The lowest BCUT2D eigenvalue weighted by Gasteiger charge is -2.12. The molecule has 8 heteroatoms. The minimum atomic E-state index is -0.478. The number of nitro benzene ring substituents is 1. The quantitative estimate of drug-likeness (QED) is 0.501. The molecule has 1 amide bonds. The van der Waals surface area contributed by atoms with Crippen LogP contribution in [0.3, 0.4) is 0 Å². The Morgan fingerprint density at radius 3 is 2.57 bits per heavy atom. The minimum Gasteiger partial charge on any atom is -0.332 e. The Balaban J connectivity index is 2.07. The molecular weight excluding hydrogens is 338 g/mol. The summed E-state index contributed by atoms with van der Waals surface area (Å²) in [5.41, 5.74) is 1.49. The maximum Gasteiger partial charge on any atom is 0.269 e. The molecule has 2 aromatic rings. The van der Waals surface area contributed by atoms with Crippen molar-refractivity contribution in [2.24, 2.45) is 0 Å². The normalized spacial score (nSPS) is 10.0. The number of nitrogens with zero attached hydrogens (tertiary/aromatic N) is 1. The van der Waals surface area contributed by atoms with Crippen molar-refractivity contribution in [3.63, 3.8) is 0 Å². The molecule has 0 aromatic heterocycles. The van der Waals surface area contributed by atoms with Crippen LogP contribution < -0.4 is 10.6 Å². The van der Waals surface area contributed by atoms with Crippen LogP contribution in [-0.2, 0) is 0 Å². The molecule has 0 bridgehead atoms. The molecule has 2 N–H and O–H groups in total. The summed E-state index contributed by atoms with van der Waals surface area (Å²) in [6.45, 7) is 1.70. The molecule has 0 radical (unpaired) electrons. The molecule has 0 heterocycles. The van der Waals surface area contributed by atoms with Crippen molar-refractivity contribution in [2.45, 2.75) is 6.92 Å². The van der Waals surface area contributed by atoms with Crippen LogP contribution in [-0.4, -0.2) is 15.9 Å². The van der Waals surface area contributed by atoms with Gasteiger partial charge < -0.3 is 5.32 Å². The minimum absolute atomic E-state index is 0.0147. The van der Waals surface area contributed by atoms with Crippen LogP contribution >= 0.6 is 23.8 Å². The topological polar surface area (TPSA) is 84.3 Å². The molecule has 0 saturated heterocycles. The average Bonchev–Trinajstić information content (AvgIpc) is 2.49. The van der Waals surface area contributed by atoms with Crippen molar-refractivity contribution in [2.75, 3.05) is 5.32 Å². The highest BCUT2D eigenvalue weighted by atomic mass is 35.5. The van der Waals surface area contributed by atoms with Crippen molar-refractivity contribution in [1.29, 1.82) is 0 Å². The van der Waals surface area contributed by atoms with E-state index in [0.717, 1.165) is 0 Å². The third kappa shape index (κ3) is 4.24. The molecule has 2 aromatic carbocycles. The van der Waals surface area contributed by atoms with E-state index in [2.05, 4.69) is 10.6 Å². The first-order valence-corrected chi connectivity index (χ1v) is 7.29. The molecule has 0 aliphatic carbocycles. The summed E-state index contributed by atoms with van der Waals surface area (Å²) in [6, 6.07) is 10.9. The molecule has 0 aliphatic heterocycles. The number of hydrogen-bond acceptors (Lipinski definition) is 4. The second-order valence-corrected chi connectivity index (χ2v) is 5.46. The largest absolute Gasteiger partial charge is 0.332 e. The molecule has 118 valence electrons. The van der Waals surface area contributed by atoms with E-state index >= 15 is 0 Å². The van der Waals surface area contributed by atoms with E-state index in [-0.39, 0.29) is 10.8 Å². The molecule has 0 saturated carbocycles. The fourth-order valence-corrected chi connectivity index (χ4v) is 2.30. The van der Waals surface area contributed by atoms with Gasteiger partial charge in [-0.3, -0.25) is 20.2 Å². The Hall–Kier alpha value is -2.51. The van der Waals surface area contributed by atoms with Gasteiger partial charge in [0.05, 0.1) is 15.5 Å². The van der Waals surface area contributed by atoms with Gasteiger partial charge in [0, 0.05) is 17.8 Å². The van der Waals surface area contributed by atoms with Crippen LogP contribution in [0.5, 0.6) is 0 Å². The van der Waals surface area contributed by atoms with E-state index in [9.17, 15) is 14.9 Å². The lowest BCUT2D eigenvalue weighted by Crippen LogP contribution is -2.34. The van der Waals surface area contributed by atoms with Gasteiger partial charge in [0.25, 0.3) is 11.6 Å². The van der Waals surface area contributed by atoms with Crippen LogP contribution in [0.2, 0.25) is 5.02 Å². The SMILES string of the molecule is Cc1cc([N+](=O)[O-])ccc1NC(=S)NC(=O)c1ccccc1Cl. The van der Waals surface area contributed by atoms with Crippen LogP contribution in [0, 0.1) is 17.0 Å². The zero-order valence-corrected chi connectivity index (χ0v) is 13.6. The second-order valence-electron chi connectivity index (χ2n) is 4.64. The standard InChI is InChI=1S/C15H12ClN3O3S/c1-9-8-10(19(21)22)6-7-13(9)17-15(23)18-14(20)11-4-2-3-5-12(11)16/h2-8H,1H3,(H2,17,18,20,23). The smallest absolute Gasteiger partial charge is 0.269 e. The first-order chi connectivity index (χ1) is 10.9. The number of non-ortho nitro benzene ring substituents is 1. The first-order valence-electron chi connectivity index (χ1n) is 6.50. The number of nitro groups is 1. The monoisotopic (exact) mass is 349 g/mol. The number of benzene rings is 2. The number of hydrogen-bond donors (Lipinski definition) is 2. The summed E-state index contributed by atoms with van der Waals surface area (Å²) in [7, 11) is 0. The van der Waals surface area contributed by atoms with Gasteiger partial charge >= 0.3 is 0 Å². The van der Waals surface area contributed by atoms with E-state index in [1.54, 1.807) is 31.2 Å². The highest BCUT2D eigenvalue weighted by molar-refractivity contribution is 7.80. The maximum absolute atomic E-state index is 12.1. The number of rotatable bonds is 3. The van der Waals surface area contributed by atoms with Crippen molar-refractivity contribution >= 4 is 46.2 Å². The van der Waals surface area contributed by atoms with Crippen LogP contribution in [0.25, 0.3) is 0 Å². The number of carbonyl (C=O) groups is 1. The van der Waals surface area contributed by atoms with Gasteiger partial charge in [0.1, 0.15) is 0 Å². The number of anilines is 1.